The van der Waals surface area contributed by atoms with Crippen LogP contribution in [-0.4, -0.2) is 25.0 Å². The zero-order valence-corrected chi connectivity index (χ0v) is 13.1. The van der Waals surface area contributed by atoms with Crippen molar-refractivity contribution in [3.05, 3.63) is 35.4 Å². The van der Waals surface area contributed by atoms with E-state index in [1.54, 1.807) is 0 Å². The molecule has 0 aromatic heterocycles. The molecule has 1 nitrogen and oxygen atoms in total. The van der Waals surface area contributed by atoms with E-state index in [4.69, 9.17) is 0 Å². The fourth-order valence-electron chi connectivity index (χ4n) is 2.28. The van der Waals surface area contributed by atoms with Crippen LogP contribution < -0.4 is 0 Å². The number of nitrogens with zero attached hydrogens (tertiary/aromatic N) is 1. The maximum absolute atomic E-state index is 2.36. The van der Waals surface area contributed by atoms with Gasteiger partial charge >= 0.3 is 0 Å². The minimum Gasteiger partial charge on any atom is -0.306 e. The van der Waals surface area contributed by atoms with Crippen LogP contribution in [0.15, 0.2) is 24.3 Å². The predicted octanol–water partition coefficient (Wildman–Crippen LogP) is 4.69. The zero-order chi connectivity index (χ0) is 13.9. The first-order valence-electron chi connectivity index (χ1n) is 8.02. The molecule has 19 heavy (non-hydrogen) atoms. The lowest BCUT2D eigenvalue weighted by Gasteiger charge is -2.13. The summed E-state index contributed by atoms with van der Waals surface area (Å²) in [4.78, 5) is 2.36. The van der Waals surface area contributed by atoms with Gasteiger partial charge in [0.2, 0.25) is 0 Å². The van der Waals surface area contributed by atoms with Gasteiger partial charge in [-0.25, -0.2) is 0 Å². The number of likely N-dealkylation sites (N-methyl/N-ethyl adjacent to an activating group) is 1. The monoisotopic (exact) mass is 261 g/mol. The molecule has 0 aliphatic heterocycles. The summed E-state index contributed by atoms with van der Waals surface area (Å²) in [5.74, 6) is 0. The molecule has 0 heterocycles. The topological polar surface area (TPSA) is 3.24 Å². The summed E-state index contributed by atoms with van der Waals surface area (Å²) in [6, 6.07) is 9.26. The lowest BCUT2D eigenvalue weighted by molar-refractivity contribution is 0.357. The van der Waals surface area contributed by atoms with Crippen molar-refractivity contribution >= 4 is 0 Å². The summed E-state index contributed by atoms with van der Waals surface area (Å²) >= 11 is 0. The average Bonchev–Trinajstić information content (AvgIpc) is 2.45. The summed E-state index contributed by atoms with van der Waals surface area (Å²) in [6.45, 7) is 6.78. The van der Waals surface area contributed by atoms with Crippen molar-refractivity contribution in [3.63, 3.8) is 0 Å². The highest BCUT2D eigenvalue weighted by molar-refractivity contribution is 5.22. The van der Waals surface area contributed by atoms with Gasteiger partial charge in [-0.05, 0) is 44.0 Å². The Kier molecular flexibility index (Phi) is 8.57. The molecular formula is C18H31N. The molecule has 1 aromatic rings. The first kappa shape index (κ1) is 16.2. The Labute approximate surface area is 120 Å². The van der Waals surface area contributed by atoms with Gasteiger partial charge in [-0.3, -0.25) is 0 Å². The molecule has 0 aliphatic rings. The van der Waals surface area contributed by atoms with E-state index in [0.717, 1.165) is 13.1 Å². The minimum absolute atomic E-state index is 1.13. The number of benzene rings is 1. The van der Waals surface area contributed by atoms with Crippen LogP contribution in [0.4, 0.5) is 0 Å². The molecule has 1 rings (SSSR count). The fourth-order valence-corrected chi connectivity index (χ4v) is 2.28. The summed E-state index contributed by atoms with van der Waals surface area (Å²) in [5, 5.41) is 0. The molecule has 0 bridgehead atoms. The third kappa shape index (κ3) is 7.37. The second kappa shape index (κ2) is 10.0. The number of hydrogen-bond acceptors (Lipinski definition) is 1. The summed E-state index contributed by atoms with van der Waals surface area (Å²) in [5.41, 5.74) is 2.97. The molecule has 0 amide bonds. The number of unbranched alkanes of at least 4 members (excludes halogenated alkanes) is 4. The van der Waals surface area contributed by atoms with Gasteiger partial charge in [-0.1, -0.05) is 63.8 Å². The molecule has 0 fully saturated rings. The van der Waals surface area contributed by atoms with Crippen LogP contribution >= 0.6 is 0 Å². The smallest absolute Gasteiger partial charge is 0.00187 e. The number of rotatable bonds is 10. The second-order valence-electron chi connectivity index (χ2n) is 5.63. The highest BCUT2D eigenvalue weighted by Crippen LogP contribution is 2.11. The van der Waals surface area contributed by atoms with E-state index in [2.05, 4.69) is 50.1 Å². The third-order valence-electron chi connectivity index (χ3n) is 3.91. The maximum Gasteiger partial charge on any atom is 0.00187 e. The molecule has 1 heteroatoms. The first-order valence-corrected chi connectivity index (χ1v) is 8.02. The Hall–Kier alpha value is -0.820. The van der Waals surface area contributed by atoms with E-state index in [1.807, 2.05) is 0 Å². The van der Waals surface area contributed by atoms with Crippen LogP contribution in [0.3, 0.4) is 0 Å². The van der Waals surface area contributed by atoms with Gasteiger partial charge in [0.25, 0.3) is 0 Å². The van der Waals surface area contributed by atoms with Gasteiger partial charge in [-0.15, -0.1) is 0 Å². The average molecular weight is 261 g/mol. The van der Waals surface area contributed by atoms with Crippen LogP contribution in [0.1, 0.15) is 57.1 Å². The lowest BCUT2D eigenvalue weighted by Crippen LogP contribution is -2.20. The standard InChI is InChI=1S/C18H31N/c1-4-6-7-8-9-10-17-11-13-18(14-12-17)15-16-19(3)5-2/h11-14H,4-10,15-16H2,1-3H3. The molecule has 0 radical (unpaired) electrons. The molecule has 0 saturated carbocycles. The van der Waals surface area contributed by atoms with E-state index in [0.29, 0.717) is 0 Å². The molecule has 0 spiro atoms. The van der Waals surface area contributed by atoms with E-state index in [9.17, 15) is 0 Å². The largest absolute Gasteiger partial charge is 0.306 e. The Morgan fingerprint density at radius 1 is 0.789 bits per heavy atom. The Morgan fingerprint density at radius 3 is 1.95 bits per heavy atom. The summed E-state index contributed by atoms with van der Waals surface area (Å²) in [7, 11) is 2.19. The molecular weight excluding hydrogens is 230 g/mol. The van der Waals surface area contributed by atoms with E-state index < -0.39 is 0 Å². The van der Waals surface area contributed by atoms with Gasteiger partial charge < -0.3 is 4.90 Å². The summed E-state index contributed by atoms with van der Waals surface area (Å²) < 4.78 is 0. The molecule has 0 saturated heterocycles. The van der Waals surface area contributed by atoms with Crippen molar-refractivity contribution in [1.82, 2.24) is 4.90 Å². The van der Waals surface area contributed by atoms with Crippen molar-refractivity contribution in [2.75, 3.05) is 20.1 Å². The van der Waals surface area contributed by atoms with E-state index in [1.165, 1.54) is 56.1 Å². The molecule has 0 aliphatic carbocycles. The lowest BCUT2D eigenvalue weighted by atomic mass is 10.0. The van der Waals surface area contributed by atoms with Gasteiger partial charge in [0, 0.05) is 6.54 Å². The molecule has 108 valence electrons. The van der Waals surface area contributed by atoms with Crippen molar-refractivity contribution in [2.45, 2.75) is 58.8 Å². The predicted molar refractivity (Wildman–Crippen MR) is 85.8 cm³/mol. The van der Waals surface area contributed by atoms with Crippen molar-refractivity contribution < 1.29 is 0 Å². The normalized spacial score (nSPS) is 11.2. The maximum atomic E-state index is 2.36. The molecule has 0 N–H and O–H groups in total. The quantitative estimate of drug-likeness (QED) is 0.552. The minimum atomic E-state index is 1.13. The van der Waals surface area contributed by atoms with Crippen LogP contribution in [-0.2, 0) is 12.8 Å². The fraction of sp³-hybridized carbons (Fsp3) is 0.667. The zero-order valence-electron chi connectivity index (χ0n) is 13.1. The van der Waals surface area contributed by atoms with Crippen molar-refractivity contribution in [2.24, 2.45) is 0 Å². The molecule has 0 unspecified atom stereocenters. The van der Waals surface area contributed by atoms with E-state index in [-0.39, 0.29) is 0 Å². The Balaban J connectivity index is 2.23. The van der Waals surface area contributed by atoms with Crippen molar-refractivity contribution in [1.29, 1.82) is 0 Å². The van der Waals surface area contributed by atoms with Gasteiger partial charge in [0.1, 0.15) is 0 Å². The van der Waals surface area contributed by atoms with Crippen LogP contribution in [0, 0.1) is 0 Å². The van der Waals surface area contributed by atoms with Crippen LogP contribution in [0.2, 0.25) is 0 Å². The van der Waals surface area contributed by atoms with Gasteiger partial charge in [-0.2, -0.15) is 0 Å². The Bertz CT molecular complexity index is 315. The molecule has 1 aromatic carbocycles. The van der Waals surface area contributed by atoms with Crippen LogP contribution in [0.25, 0.3) is 0 Å². The third-order valence-corrected chi connectivity index (χ3v) is 3.91. The van der Waals surface area contributed by atoms with Gasteiger partial charge in [0.15, 0.2) is 0 Å². The Morgan fingerprint density at radius 2 is 1.37 bits per heavy atom. The first-order chi connectivity index (χ1) is 9.26. The SMILES string of the molecule is CCCCCCCc1ccc(CCN(C)CC)cc1. The number of aryl methyl sites for hydroxylation is 1. The number of hydrogen-bond donors (Lipinski definition) is 0. The van der Waals surface area contributed by atoms with Gasteiger partial charge in [0.05, 0.1) is 0 Å². The second-order valence-corrected chi connectivity index (χ2v) is 5.63. The summed E-state index contributed by atoms with van der Waals surface area (Å²) in [6.07, 6.45) is 9.28. The van der Waals surface area contributed by atoms with Crippen molar-refractivity contribution in [3.8, 4) is 0 Å². The highest BCUT2D eigenvalue weighted by atomic mass is 15.1. The highest BCUT2D eigenvalue weighted by Gasteiger charge is 1.98. The van der Waals surface area contributed by atoms with E-state index >= 15 is 0 Å². The molecule has 0 atom stereocenters. The van der Waals surface area contributed by atoms with Crippen LogP contribution in [0.5, 0.6) is 0 Å².